The Morgan fingerprint density at radius 3 is 2.38 bits per heavy atom. The molecule has 2 N–H and O–H groups in total. The lowest BCUT2D eigenvalue weighted by Gasteiger charge is -2.10. The lowest BCUT2D eigenvalue weighted by atomic mass is 10.1. The van der Waals surface area contributed by atoms with E-state index in [1.165, 1.54) is 18.2 Å². The standard InChI is InChI=1S/C19H19NO4/c1-2-12-24-19(23)17(13-14-8-10-16(21)11-9-14)20-18(22)15-6-4-3-5-7-15/h3-11,13,21H,2,12H2,1H3,(H,20,22)/b17-13+. The fourth-order valence-corrected chi connectivity index (χ4v) is 1.94. The molecule has 0 aromatic heterocycles. The van der Waals surface area contributed by atoms with Gasteiger partial charge < -0.3 is 15.2 Å². The van der Waals surface area contributed by atoms with Gasteiger partial charge in [0.2, 0.25) is 0 Å². The minimum Gasteiger partial charge on any atom is -0.508 e. The molecule has 0 saturated heterocycles. The lowest BCUT2D eigenvalue weighted by molar-refractivity contribution is -0.139. The van der Waals surface area contributed by atoms with Crippen molar-refractivity contribution >= 4 is 18.0 Å². The fraction of sp³-hybridized carbons (Fsp3) is 0.158. The van der Waals surface area contributed by atoms with E-state index in [9.17, 15) is 14.7 Å². The minimum absolute atomic E-state index is 0.0444. The van der Waals surface area contributed by atoms with Crippen molar-refractivity contribution in [3.8, 4) is 5.75 Å². The number of hydrogen-bond donors (Lipinski definition) is 2. The highest BCUT2D eigenvalue weighted by Crippen LogP contribution is 2.13. The number of aromatic hydroxyl groups is 1. The van der Waals surface area contributed by atoms with Gasteiger partial charge in [0.1, 0.15) is 11.4 Å². The average molecular weight is 325 g/mol. The van der Waals surface area contributed by atoms with Crippen LogP contribution in [-0.4, -0.2) is 23.6 Å². The number of amides is 1. The molecule has 0 atom stereocenters. The minimum atomic E-state index is -0.603. The summed E-state index contributed by atoms with van der Waals surface area (Å²) in [5.41, 5.74) is 1.14. The van der Waals surface area contributed by atoms with Gasteiger partial charge >= 0.3 is 5.97 Å². The maximum absolute atomic E-state index is 12.3. The monoisotopic (exact) mass is 325 g/mol. The smallest absolute Gasteiger partial charge is 0.354 e. The summed E-state index contributed by atoms with van der Waals surface area (Å²) in [5.74, 6) is -0.876. The summed E-state index contributed by atoms with van der Waals surface area (Å²) >= 11 is 0. The number of ether oxygens (including phenoxy) is 1. The Bertz CT molecular complexity index is 721. The van der Waals surface area contributed by atoms with Crippen molar-refractivity contribution in [2.45, 2.75) is 13.3 Å². The number of hydrogen-bond acceptors (Lipinski definition) is 4. The first-order valence-electron chi connectivity index (χ1n) is 7.64. The van der Waals surface area contributed by atoms with E-state index in [0.29, 0.717) is 17.5 Å². The predicted octanol–water partition coefficient (Wildman–Crippen LogP) is 3.12. The third-order valence-electron chi connectivity index (χ3n) is 3.15. The summed E-state index contributed by atoms with van der Waals surface area (Å²) < 4.78 is 5.11. The second-order valence-corrected chi connectivity index (χ2v) is 5.11. The van der Waals surface area contributed by atoms with Crippen LogP contribution in [-0.2, 0) is 9.53 Å². The molecule has 0 saturated carbocycles. The van der Waals surface area contributed by atoms with Crippen molar-refractivity contribution < 1.29 is 19.4 Å². The van der Waals surface area contributed by atoms with Crippen molar-refractivity contribution in [2.75, 3.05) is 6.61 Å². The molecule has 0 aliphatic carbocycles. The van der Waals surface area contributed by atoms with Gasteiger partial charge in [-0.25, -0.2) is 4.79 Å². The van der Waals surface area contributed by atoms with Gasteiger partial charge in [0.15, 0.2) is 0 Å². The van der Waals surface area contributed by atoms with Crippen LogP contribution in [0, 0.1) is 0 Å². The molecule has 0 heterocycles. The summed E-state index contributed by atoms with van der Waals surface area (Å²) in [7, 11) is 0. The number of phenolic OH excluding ortho intramolecular Hbond substituents is 1. The highest BCUT2D eigenvalue weighted by atomic mass is 16.5. The van der Waals surface area contributed by atoms with E-state index in [-0.39, 0.29) is 18.1 Å². The number of esters is 1. The van der Waals surface area contributed by atoms with Crippen LogP contribution >= 0.6 is 0 Å². The third-order valence-corrected chi connectivity index (χ3v) is 3.15. The number of rotatable bonds is 6. The highest BCUT2D eigenvalue weighted by Gasteiger charge is 2.15. The first kappa shape index (κ1) is 17.3. The zero-order valence-electron chi connectivity index (χ0n) is 13.4. The topological polar surface area (TPSA) is 75.6 Å². The van der Waals surface area contributed by atoms with Gasteiger partial charge in [0.25, 0.3) is 5.91 Å². The maximum atomic E-state index is 12.3. The van der Waals surface area contributed by atoms with Crippen LogP contribution in [0.15, 0.2) is 60.3 Å². The van der Waals surface area contributed by atoms with Gasteiger partial charge in [0, 0.05) is 5.56 Å². The van der Waals surface area contributed by atoms with Crippen LogP contribution in [0.2, 0.25) is 0 Å². The highest BCUT2D eigenvalue weighted by molar-refractivity contribution is 6.03. The van der Waals surface area contributed by atoms with E-state index >= 15 is 0 Å². The first-order chi connectivity index (χ1) is 11.6. The van der Waals surface area contributed by atoms with Crippen molar-refractivity contribution in [1.82, 2.24) is 5.32 Å². The Labute approximate surface area is 140 Å². The van der Waals surface area contributed by atoms with E-state index < -0.39 is 11.9 Å². The van der Waals surface area contributed by atoms with E-state index in [2.05, 4.69) is 5.32 Å². The number of benzene rings is 2. The van der Waals surface area contributed by atoms with Crippen LogP contribution in [0.3, 0.4) is 0 Å². The maximum Gasteiger partial charge on any atom is 0.354 e. The van der Waals surface area contributed by atoms with Crippen LogP contribution < -0.4 is 5.32 Å². The zero-order chi connectivity index (χ0) is 17.4. The molecule has 0 radical (unpaired) electrons. The SMILES string of the molecule is CCCOC(=O)/C(=C\c1ccc(O)cc1)NC(=O)c1ccccc1. The number of nitrogens with one attached hydrogen (secondary N) is 1. The molecule has 1 amide bonds. The van der Waals surface area contributed by atoms with Gasteiger partial charge in [-0.3, -0.25) is 4.79 Å². The molecule has 0 bridgehead atoms. The number of phenols is 1. The molecule has 0 spiro atoms. The van der Waals surface area contributed by atoms with Gasteiger partial charge in [-0.05, 0) is 42.3 Å². The quantitative estimate of drug-likeness (QED) is 0.632. The molecule has 124 valence electrons. The molecule has 0 aliphatic heterocycles. The molecule has 5 heteroatoms. The van der Waals surface area contributed by atoms with E-state index in [1.807, 2.05) is 6.92 Å². The molecule has 0 unspecified atom stereocenters. The summed E-state index contributed by atoms with van der Waals surface area (Å²) in [6, 6.07) is 14.9. The van der Waals surface area contributed by atoms with E-state index in [1.54, 1.807) is 42.5 Å². The summed E-state index contributed by atoms with van der Waals surface area (Å²) in [4.78, 5) is 24.5. The van der Waals surface area contributed by atoms with Crippen molar-refractivity contribution in [2.24, 2.45) is 0 Å². The van der Waals surface area contributed by atoms with Crippen LogP contribution in [0.1, 0.15) is 29.3 Å². The normalized spacial score (nSPS) is 11.0. The van der Waals surface area contributed by atoms with Gasteiger partial charge in [-0.1, -0.05) is 37.3 Å². The van der Waals surface area contributed by atoms with Crippen molar-refractivity contribution in [3.05, 3.63) is 71.4 Å². The van der Waals surface area contributed by atoms with Crippen LogP contribution in [0.25, 0.3) is 6.08 Å². The Morgan fingerprint density at radius 2 is 1.75 bits per heavy atom. The van der Waals surface area contributed by atoms with Gasteiger partial charge in [-0.2, -0.15) is 0 Å². The molecule has 24 heavy (non-hydrogen) atoms. The summed E-state index contributed by atoms with van der Waals surface area (Å²) in [6.45, 7) is 2.16. The number of carbonyl (C=O) groups excluding carboxylic acids is 2. The molecular weight excluding hydrogens is 306 g/mol. The molecule has 2 aromatic carbocycles. The van der Waals surface area contributed by atoms with Gasteiger partial charge in [-0.15, -0.1) is 0 Å². The Balaban J connectivity index is 2.23. The molecule has 2 rings (SSSR count). The Hall–Kier alpha value is -3.08. The summed E-state index contributed by atoms with van der Waals surface area (Å²) in [5, 5.41) is 11.9. The number of carbonyl (C=O) groups is 2. The molecule has 0 aliphatic rings. The second kappa shape index (κ2) is 8.53. The first-order valence-corrected chi connectivity index (χ1v) is 7.64. The molecule has 2 aromatic rings. The van der Waals surface area contributed by atoms with Crippen molar-refractivity contribution in [3.63, 3.8) is 0 Å². The Morgan fingerprint density at radius 1 is 1.08 bits per heavy atom. The molecule has 0 fully saturated rings. The largest absolute Gasteiger partial charge is 0.508 e. The van der Waals surface area contributed by atoms with Crippen molar-refractivity contribution in [1.29, 1.82) is 0 Å². The van der Waals surface area contributed by atoms with E-state index in [4.69, 9.17) is 4.74 Å². The van der Waals surface area contributed by atoms with Gasteiger partial charge in [0.05, 0.1) is 6.61 Å². The summed E-state index contributed by atoms with van der Waals surface area (Å²) in [6.07, 6.45) is 2.20. The third kappa shape index (κ3) is 4.98. The molecular formula is C19H19NO4. The lowest BCUT2D eigenvalue weighted by Crippen LogP contribution is -2.28. The predicted molar refractivity (Wildman–Crippen MR) is 91.2 cm³/mol. The Kier molecular flexibility index (Phi) is 6.14. The van der Waals surface area contributed by atoms with E-state index in [0.717, 1.165) is 0 Å². The average Bonchev–Trinajstić information content (AvgIpc) is 2.61. The van der Waals surface area contributed by atoms with Crippen LogP contribution in [0.5, 0.6) is 5.75 Å². The fourth-order valence-electron chi connectivity index (χ4n) is 1.94. The zero-order valence-corrected chi connectivity index (χ0v) is 13.4. The molecule has 5 nitrogen and oxygen atoms in total. The van der Waals surface area contributed by atoms with Crippen LogP contribution in [0.4, 0.5) is 0 Å². The second-order valence-electron chi connectivity index (χ2n) is 5.11.